The Morgan fingerprint density at radius 2 is 2.15 bits per heavy atom. The van der Waals surface area contributed by atoms with Gasteiger partial charge in [0.1, 0.15) is 11.4 Å². The van der Waals surface area contributed by atoms with Gasteiger partial charge in [-0.2, -0.15) is 5.10 Å². The summed E-state index contributed by atoms with van der Waals surface area (Å²) < 4.78 is 1.65. The van der Waals surface area contributed by atoms with Crippen LogP contribution >= 0.6 is 11.6 Å². The quantitative estimate of drug-likeness (QED) is 0.627. The fourth-order valence-electron chi connectivity index (χ4n) is 2.16. The van der Waals surface area contributed by atoms with Gasteiger partial charge in [0.15, 0.2) is 0 Å². The smallest absolute Gasteiger partial charge is 0.259 e. The normalized spacial score (nSPS) is 10.8. The molecule has 106 valence electrons. The fourth-order valence-corrected chi connectivity index (χ4v) is 2.34. The summed E-state index contributed by atoms with van der Waals surface area (Å²) in [5, 5.41) is 16.1. The number of hydrogen-bond acceptors (Lipinski definition) is 4. The van der Waals surface area contributed by atoms with Crippen LogP contribution in [0.25, 0.3) is 0 Å². The lowest BCUT2D eigenvalue weighted by molar-refractivity contribution is -0.386. The molecule has 2 heterocycles. The molecule has 0 bridgehead atoms. The van der Waals surface area contributed by atoms with E-state index >= 15 is 0 Å². The molecule has 0 unspecified atom stereocenters. The molecular formula is C13H15ClN4O2. The number of nitro groups is 1. The lowest BCUT2D eigenvalue weighted by atomic mass is 10.2. The highest BCUT2D eigenvalue weighted by molar-refractivity contribution is 6.30. The van der Waals surface area contributed by atoms with Gasteiger partial charge in [-0.15, -0.1) is 0 Å². The zero-order valence-electron chi connectivity index (χ0n) is 11.3. The van der Waals surface area contributed by atoms with Crippen LogP contribution in [0.1, 0.15) is 30.9 Å². The van der Waals surface area contributed by atoms with Crippen molar-refractivity contribution in [2.45, 2.75) is 33.2 Å². The average molecular weight is 295 g/mol. The first kappa shape index (κ1) is 14.5. The Morgan fingerprint density at radius 3 is 2.70 bits per heavy atom. The molecule has 0 aliphatic heterocycles. The zero-order chi connectivity index (χ0) is 14.7. The Labute approximate surface area is 121 Å². The maximum atomic E-state index is 11.2. The Bertz CT molecular complexity index is 639. The first-order valence-electron chi connectivity index (χ1n) is 6.40. The Morgan fingerprint density at radius 1 is 1.40 bits per heavy atom. The van der Waals surface area contributed by atoms with E-state index in [1.165, 1.54) is 0 Å². The molecule has 20 heavy (non-hydrogen) atoms. The molecule has 0 saturated heterocycles. The fraction of sp³-hybridized carbons (Fsp3) is 0.385. The van der Waals surface area contributed by atoms with Crippen molar-refractivity contribution < 1.29 is 4.92 Å². The van der Waals surface area contributed by atoms with Gasteiger partial charge in [-0.3, -0.25) is 19.8 Å². The highest BCUT2D eigenvalue weighted by Crippen LogP contribution is 2.25. The molecule has 0 amide bonds. The van der Waals surface area contributed by atoms with Crippen molar-refractivity contribution in [3.05, 3.63) is 50.5 Å². The van der Waals surface area contributed by atoms with Crippen LogP contribution in [-0.2, 0) is 19.4 Å². The Hall–Kier alpha value is -1.95. The van der Waals surface area contributed by atoms with E-state index in [4.69, 9.17) is 11.6 Å². The number of aryl methyl sites for hydroxylation is 1. The minimum Gasteiger partial charge on any atom is -0.259 e. The third-order valence-corrected chi connectivity index (χ3v) is 3.28. The van der Waals surface area contributed by atoms with E-state index in [-0.39, 0.29) is 10.6 Å². The summed E-state index contributed by atoms with van der Waals surface area (Å²) in [6, 6.07) is 3.43. The Kier molecular flexibility index (Phi) is 4.34. The number of halogens is 1. The van der Waals surface area contributed by atoms with Crippen LogP contribution < -0.4 is 0 Å². The molecule has 0 saturated carbocycles. The second-order valence-corrected chi connectivity index (χ2v) is 4.77. The van der Waals surface area contributed by atoms with Gasteiger partial charge in [0, 0.05) is 11.2 Å². The summed E-state index contributed by atoms with van der Waals surface area (Å²) >= 11 is 5.92. The maximum Gasteiger partial charge on any atom is 0.313 e. The van der Waals surface area contributed by atoms with Gasteiger partial charge >= 0.3 is 5.69 Å². The third kappa shape index (κ3) is 2.80. The van der Waals surface area contributed by atoms with Gasteiger partial charge < -0.3 is 0 Å². The molecule has 2 aromatic heterocycles. The minimum absolute atomic E-state index is 0.122. The lowest BCUT2D eigenvalue weighted by Crippen LogP contribution is -2.08. The van der Waals surface area contributed by atoms with Gasteiger partial charge in [-0.25, -0.2) is 0 Å². The molecule has 0 N–H and O–H groups in total. The second-order valence-electron chi connectivity index (χ2n) is 4.33. The molecule has 2 rings (SSSR count). The summed E-state index contributed by atoms with van der Waals surface area (Å²) in [7, 11) is 0. The van der Waals surface area contributed by atoms with Gasteiger partial charge in [0.2, 0.25) is 0 Å². The van der Waals surface area contributed by atoms with Crippen molar-refractivity contribution >= 4 is 17.3 Å². The van der Waals surface area contributed by atoms with E-state index in [1.807, 2.05) is 13.8 Å². The highest BCUT2D eigenvalue weighted by Gasteiger charge is 2.25. The molecule has 7 heteroatoms. The molecule has 0 aliphatic rings. The van der Waals surface area contributed by atoms with Crippen molar-refractivity contribution in [1.29, 1.82) is 0 Å². The third-order valence-electron chi connectivity index (χ3n) is 3.04. The van der Waals surface area contributed by atoms with Gasteiger partial charge in [0.05, 0.1) is 17.2 Å². The lowest BCUT2D eigenvalue weighted by Gasteiger charge is -2.05. The van der Waals surface area contributed by atoms with E-state index in [2.05, 4.69) is 10.1 Å². The summed E-state index contributed by atoms with van der Waals surface area (Å²) in [6.07, 6.45) is 2.69. The predicted octanol–water partition coefficient (Wildman–Crippen LogP) is 3.01. The first-order valence-corrected chi connectivity index (χ1v) is 6.78. The molecule has 0 atom stereocenters. The summed E-state index contributed by atoms with van der Waals surface area (Å²) in [6.45, 7) is 4.12. The van der Waals surface area contributed by atoms with Crippen molar-refractivity contribution in [3.63, 3.8) is 0 Å². The molecule has 0 radical (unpaired) electrons. The van der Waals surface area contributed by atoms with Crippen LogP contribution in [0.3, 0.4) is 0 Å². The summed E-state index contributed by atoms with van der Waals surface area (Å²) in [5.74, 6) is 0. The summed E-state index contributed by atoms with van der Waals surface area (Å²) in [4.78, 5) is 15.0. The predicted molar refractivity (Wildman–Crippen MR) is 76.0 cm³/mol. The van der Waals surface area contributed by atoms with Crippen molar-refractivity contribution in [2.24, 2.45) is 0 Å². The second kappa shape index (κ2) is 6.00. The van der Waals surface area contributed by atoms with Crippen LogP contribution in [0, 0.1) is 10.1 Å². The standard InChI is InChI=1S/C13H15ClN4O2/c1-3-11-13(18(19)20)12(4-2)17(16-11)8-10-7-9(14)5-6-15-10/h5-7H,3-4,8H2,1-2H3. The number of nitrogens with zero attached hydrogens (tertiary/aromatic N) is 4. The molecule has 0 fully saturated rings. The van der Waals surface area contributed by atoms with Crippen molar-refractivity contribution in [1.82, 2.24) is 14.8 Å². The van der Waals surface area contributed by atoms with Gasteiger partial charge in [-0.1, -0.05) is 25.4 Å². The summed E-state index contributed by atoms with van der Waals surface area (Å²) in [5.41, 5.74) is 1.98. The monoisotopic (exact) mass is 294 g/mol. The van der Waals surface area contributed by atoms with Crippen LogP contribution in [-0.4, -0.2) is 19.7 Å². The van der Waals surface area contributed by atoms with Gasteiger partial charge in [0.25, 0.3) is 0 Å². The molecule has 0 spiro atoms. The molecule has 6 nitrogen and oxygen atoms in total. The van der Waals surface area contributed by atoms with Gasteiger partial charge in [-0.05, 0) is 25.0 Å². The number of aromatic nitrogens is 3. The number of rotatable bonds is 5. The van der Waals surface area contributed by atoms with E-state index in [1.54, 1.807) is 23.0 Å². The van der Waals surface area contributed by atoms with Crippen LogP contribution in [0.4, 0.5) is 5.69 Å². The molecule has 0 aromatic carbocycles. The Balaban J connectivity index is 2.44. The van der Waals surface area contributed by atoms with E-state index in [0.29, 0.717) is 35.8 Å². The maximum absolute atomic E-state index is 11.2. The average Bonchev–Trinajstić information content (AvgIpc) is 2.76. The molecule has 2 aromatic rings. The van der Waals surface area contributed by atoms with Crippen LogP contribution in [0.5, 0.6) is 0 Å². The van der Waals surface area contributed by atoms with E-state index < -0.39 is 0 Å². The van der Waals surface area contributed by atoms with Crippen molar-refractivity contribution in [2.75, 3.05) is 0 Å². The topological polar surface area (TPSA) is 73.8 Å². The first-order chi connectivity index (χ1) is 9.56. The van der Waals surface area contributed by atoms with Crippen LogP contribution in [0.2, 0.25) is 5.02 Å². The highest BCUT2D eigenvalue weighted by atomic mass is 35.5. The number of pyridine rings is 1. The zero-order valence-corrected chi connectivity index (χ0v) is 12.1. The largest absolute Gasteiger partial charge is 0.313 e. The van der Waals surface area contributed by atoms with Crippen LogP contribution in [0.15, 0.2) is 18.3 Å². The minimum atomic E-state index is -0.355. The molecule has 0 aliphatic carbocycles. The van der Waals surface area contributed by atoms with E-state index in [9.17, 15) is 10.1 Å². The van der Waals surface area contributed by atoms with E-state index in [0.717, 1.165) is 5.69 Å². The number of hydrogen-bond donors (Lipinski definition) is 0. The molecular weight excluding hydrogens is 280 g/mol. The van der Waals surface area contributed by atoms with Crippen molar-refractivity contribution in [3.8, 4) is 0 Å². The SMILES string of the molecule is CCc1nn(Cc2cc(Cl)ccn2)c(CC)c1[N+](=O)[O-].